The summed E-state index contributed by atoms with van der Waals surface area (Å²) >= 11 is 6.67. The molecule has 0 saturated heterocycles. The zero-order valence-electron chi connectivity index (χ0n) is 10.0. The van der Waals surface area contributed by atoms with E-state index in [-0.39, 0.29) is 0 Å². The summed E-state index contributed by atoms with van der Waals surface area (Å²) in [5, 5.41) is 0. The Kier molecular flexibility index (Phi) is 9.41. The minimum absolute atomic E-state index is 0.520. The molecule has 0 saturated carbocycles. The molecule has 0 unspecified atom stereocenters. The molecule has 0 aromatic heterocycles. The lowest BCUT2D eigenvalue weighted by Crippen LogP contribution is -2.26. The summed E-state index contributed by atoms with van der Waals surface area (Å²) in [4.78, 5) is 0. The molecule has 0 spiro atoms. The largest absolute Gasteiger partial charge is 0.179 e. The zero-order valence-corrected chi connectivity index (χ0v) is 11.7. The fraction of sp³-hybridized carbons (Fsp3) is 1.00. The molecule has 0 radical (unpaired) electrons. The van der Waals surface area contributed by atoms with Gasteiger partial charge in [-0.3, -0.25) is 0 Å². The summed E-state index contributed by atoms with van der Waals surface area (Å²) in [5.41, 5.74) is 0.520. The van der Waals surface area contributed by atoms with Gasteiger partial charge in [-0.25, -0.2) is 0 Å². The second-order valence-corrected chi connectivity index (χ2v) is 5.63. The van der Waals surface area contributed by atoms with Crippen LogP contribution in [0.1, 0.15) is 52.9 Å². The molecule has 0 nitrogen and oxygen atoms in total. The van der Waals surface area contributed by atoms with Gasteiger partial charge in [-0.2, -0.15) is 24.4 Å². The average molecular weight is 234 g/mol. The summed E-state index contributed by atoms with van der Waals surface area (Å²) < 4.78 is 0. The van der Waals surface area contributed by atoms with E-state index in [1.165, 1.54) is 43.6 Å². The monoisotopic (exact) mass is 234 g/mol. The number of rotatable bonds is 9. The summed E-state index contributed by atoms with van der Waals surface area (Å²) in [6, 6.07) is 0. The molecule has 86 valence electrons. The van der Waals surface area contributed by atoms with Crippen molar-refractivity contribution in [2.45, 2.75) is 52.9 Å². The Morgan fingerprint density at radius 2 is 1.57 bits per heavy atom. The first-order valence-electron chi connectivity index (χ1n) is 5.93. The van der Waals surface area contributed by atoms with Crippen LogP contribution in [0, 0.1) is 5.41 Å². The van der Waals surface area contributed by atoms with Gasteiger partial charge in [0.15, 0.2) is 0 Å². The van der Waals surface area contributed by atoms with Crippen LogP contribution in [0.4, 0.5) is 0 Å². The standard InChI is InChI=1S/C12H26S2/c1-4-7-12(10-13,8-5-2)11-14-9-6-3/h13H,4-11H2,1-3H3. The molecule has 0 N–H and O–H groups in total. The summed E-state index contributed by atoms with van der Waals surface area (Å²) in [6.07, 6.45) is 6.59. The molecule has 0 bridgehead atoms. The highest BCUT2D eigenvalue weighted by molar-refractivity contribution is 7.99. The summed E-state index contributed by atoms with van der Waals surface area (Å²) in [6.45, 7) is 6.84. The minimum atomic E-state index is 0.520. The van der Waals surface area contributed by atoms with Crippen LogP contribution in [0.5, 0.6) is 0 Å². The van der Waals surface area contributed by atoms with Gasteiger partial charge in [0, 0.05) is 0 Å². The van der Waals surface area contributed by atoms with E-state index in [1.54, 1.807) is 0 Å². The third-order valence-corrected chi connectivity index (χ3v) is 4.84. The van der Waals surface area contributed by atoms with Crippen molar-refractivity contribution in [3.05, 3.63) is 0 Å². The van der Waals surface area contributed by atoms with Crippen LogP contribution < -0.4 is 0 Å². The van der Waals surface area contributed by atoms with E-state index >= 15 is 0 Å². The third-order valence-electron chi connectivity index (χ3n) is 2.65. The summed E-state index contributed by atoms with van der Waals surface area (Å²) in [7, 11) is 0. The van der Waals surface area contributed by atoms with E-state index in [0.717, 1.165) is 5.75 Å². The fourth-order valence-corrected chi connectivity index (χ4v) is 3.80. The normalized spacial score (nSPS) is 12.0. The maximum atomic E-state index is 4.56. The lowest BCUT2D eigenvalue weighted by molar-refractivity contribution is 0.318. The molecule has 0 aromatic rings. The smallest absolute Gasteiger partial charge is 0.000300 e. The fourth-order valence-electron chi connectivity index (χ4n) is 1.97. The molecule has 0 aliphatic carbocycles. The van der Waals surface area contributed by atoms with Crippen LogP contribution in [0.15, 0.2) is 0 Å². The second kappa shape index (κ2) is 8.96. The van der Waals surface area contributed by atoms with Gasteiger partial charge in [-0.1, -0.05) is 33.6 Å². The van der Waals surface area contributed by atoms with Crippen molar-refractivity contribution in [1.29, 1.82) is 0 Å². The van der Waals surface area contributed by atoms with Gasteiger partial charge in [0.25, 0.3) is 0 Å². The second-order valence-electron chi connectivity index (χ2n) is 4.21. The predicted molar refractivity (Wildman–Crippen MR) is 73.7 cm³/mol. The Morgan fingerprint density at radius 1 is 1.00 bits per heavy atom. The maximum Gasteiger partial charge on any atom is -0.000300 e. The van der Waals surface area contributed by atoms with Crippen molar-refractivity contribution in [3.8, 4) is 0 Å². The van der Waals surface area contributed by atoms with Crippen molar-refractivity contribution in [3.63, 3.8) is 0 Å². The SMILES string of the molecule is CCCSCC(CS)(CCC)CCC. The van der Waals surface area contributed by atoms with Crippen molar-refractivity contribution >= 4 is 24.4 Å². The number of hydrogen-bond donors (Lipinski definition) is 1. The number of thioether (sulfide) groups is 1. The third kappa shape index (κ3) is 5.55. The van der Waals surface area contributed by atoms with Crippen LogP contribution in [-0.2, 0) is 0 Å². The molecule has 0 rings (SSSR count). The topological polar surface area (TPSA) is 0 Å². The molecule has 0 atom stereocenters. The highest BCUT2D eigenvalue weighted by Gasteiger charge is 2.26. The Bertz CT molecular complexity index is 117. The minimum Gasteiger partial charge on any atom is -0.179 e. The molecule has 0 amide bonds. The zero-order chi connectivity index (χ0) is 10.9. The highest BCUT2D eigenvalue weighted by atomic mass is 32.2. The van der Waals surface area contributed by atoms with Crippen LogP contribution in [0.25, 0.3) is 0 Å². The van der Waals surface area contributed by atoms with Crippen LogP contribution in [-0.4, -0.2) is 17.3 Å². The van der Waals surface area contributed by atoms with E-state index in [0.29, 0.717) is 5.41 Å². The lowest BCUT2D eigenvalue weighted by Gasteiger charge is -2.31. The van der Waals surface area contributed by atoms with E-state index < -0.39 is 0 Å². The molecular formula is C12H26S2. The van der Waals surface area contributed by atoms with Gasteiger partial charge in [-0.15, -0.1) is 0 Å². The number of hydrogen-bond acceptors (Lipinski definition) is 2. The van der Waals surface area contributed by atoms with Crippen molar-refractivity contribution in [2.24, 2.45) is 5.41 Å². The van der Waals surface area contributed by atoms with Gasteiger partial charge >= 0.3 is 0 Å². The van der Waals surface area contributed by atoms with Gasteiger partial charge in [0.2, 0.25) is 0 Å². The van der Waals surface area contributed by atoms with Gasteiger partial charge < -0.3 is 0 Å². The van der Waals surface area contributed by atoms with E-state index in [1.807, 2.05) is 0 Å². The molecule has 2 heteroatoms. The molecule has 0 fully saturated rings. The van der Waals surface area contributed by atoms with Crippen LogP contribution in [0.3, 0.4) is 0 Å². The van der Waals surface area contributed by atoms with Crippen molar-refractivity contribution in [2.75, 3.05) is 17.3 Å². The Hall–Kier alpha value is 0.700. The molecule has 0 aromatic carbocycles. The first-order valence-corrected chi connectivity index (χ1v) is 7.72. The first kappa shape index (κ1) is 14.7. The van der Waals surface area contributed by atoms with Gasteiger partial charge in [-0.05, 0) is 41.9 Å². The number of thiol groups is 1. The van der Waals surface area contributed by atoms with Crippen molar-refractivity contribution < 1.29 is 0 Å². The molecular weight excluding hydrogens is 208 g/mol. The lowest BCUT2D eigenvalue weighted by atomic mass is 9.83. The predicted octanol–water partition coefficient (Wildman–Crippen LogP) is 4.65. The Labute approximate surface area is 100 Å². The van der Waals surface area contributed by atoms with E-state index in [9.17, 15) is 0 Å². The molecule has 0 aliphatic rings. The first-order chi connectivity index (χ1) is 6.74. The van der Waals surface area contributed by atoms with Crippen LogP contribution in [0.2, 0.25) is 0 Å². The average Bonchev–Trinajstić information content (AvgIpc) is 2.19. The van der Waals surface area contributed by atoms with E-state index in [4.69, 9.17) is 0 Å². The van der Waals surface area contributed by atoms with Gasteiger partial charge in [0.1, 0.15) is 0 Å². The van der Waals surface area contributed by atoms with Gasteiger partial charge in [0.05, 0.1) is 0 Å². The maximum absolute atomic E-state index is 4.56. The van der Waals surface area contributed by atoms with Crippen molar-refractivity contribution in [1.82, 2.24) is 0 Å². The van der Waals surface area contributed by atoms with E-state index in [2.05, 4.69) is 45.2 Å². The molecule has 0 heterocycles. The molecule has 0 aliphatic heterocycles. The Balaban J connectivity index is 4.03. The highest BCUT2D eigenvalue weighted by Crippen LogP contribution is 2.35. The summed E-state index contributed by atoms with van der Waals surface area (Å²) in [5.74, 6) is 3.68. The quantitative estimate of drug-likeness (QED) is 0.448. The van der Waals surface area contributed by atoms with Crippen LogP contribution >= 0.6 is 24.4 Å². The Morgan fingerprint density at radius 3 is 1.93 bits per heavy atom. The molecule has 14 heavy (non-hydrogen) atoms.